The molecule has 1 N–H and O–H groups in total. The average Bonchev–Trinajstić information content (AvgIpc) is 2.25. The molecule has 0 aliphatic rings. The summed E-state index contributed by atoms with van der Waals surface area (Å²) in [6.07, 6.45) is 3.63. The van der Waals surface area contributed by atoms with Crippen LogP contribution in [0.4, 0.5) is 5.69 Å². The molecule has 84 valence electrons. The van der Waals surface area contributed by atoms with Crippen LogP contribution in [-0.2, 0) is 0 Å². The lowest BCUT2D eigenvalue weighted by Gasteiger charge is -2.04. The number of halogens is 2. The molecule has 1 aromatic carbocycles. The van der Waals surface area contributed by atoms with Crippen LogP contribution in [0.5, 0.6) is 0 Å². The van der Waals surface area contributed by atoms with Crippen LogP contribution in [0.2, 0.25) is 10.0 Å². The van der Waals surface area contributed by atoms with E-state index in [4.69, 9.17) is 28.5 Å². The van der Waals surface area contributed by atoms with Crippen molar-refractivity contribution < 1.29 is 0 Å². The molecule has 0 fully saturated rings. The van der Waals surface area contributed by atoms with Gasteiger partial charge in [-0.15, -0.1) is 0 Å². The Morgan fingerprint density at radius 3 is 2.69 bits per heavy atom. The molecule has 16 heavy (non-hydrogen) atoms. The SMILES string of the molecule is CSC(=Nc1cc(C)c(Cl)cc1Cl)NC#N. The normalized spacial score (nSPS) is 11.1. The zero-order valence-electron chi connectivity index (χ0n) is 8.71. The van der Waals surface area contributed by atoms with Gasteiger partial charge in [-0.1, -0.05) is 35.0 Å². The maximum absolute atomic E-state index is 8.50. The van der Waals surface area contributed by atoms with Gasteiger partial charge < -0.3 is 0 Å². The highest BCUT2D eigenvalue weighted by atomic mass is 35.5. The number of nitrogens with zero attached hydrogens (tertiary/aromatic N) is 2. The Morgan fingerprint density at radius 1 is 1.44 bits per heavy atom. The number of rotatable bonds is 1. The molecule has 1 aromatic rings. The van der Waals surface area contributed by atoms with E-state index in [0.717, 1.165) is 5.56 Å². The molecule has 0 atom stereocenters. The summed E-state index contributed by atoms with van der Waals surface area (Å²) < 4.78 is 0. The summed E-state index contributed by atoms with van der Waals surface area (Å²) in [5.41, 5.74) is 1.48. The van der Waals surface area contributed by atoms with Crippen molar-refractivity contribution in [1.82, 2.24) is 5.32 Å². The van der Waals surface area contributed by atoms with Gasteiger partial charge in [0.2, 0.25) is 0 Å². The molecular formula is C10H9Cl2N3S. The first-order valence-corrected chi connectivity index (χ1v) is 6.30. The number of hydrogen-bond acceptors (Lipinski definition) is 3. The molecule has 0 unspecified atom stereocenters. The topological polar surface area (TPSA) is 48.2 Å². The van der Waals surface area contributed by atoms with Crippen molar-refractivity contribution in [1.29, 1.82) is 5.26 Å². The molecule has 0 radical (unpaired) electrons. The Labute approximate surface area is 108 Å². The first kappa shape index (κ1) is 13.2. The molecular weight excluding hydrogens is 265 g/mol. The van der Waals surface area contributed by atoms with Crippen molar-refractivity contribution in [2.24, 2.45) is 4.99 Å². The minimum absolute atomic E-state index is 0.460. The van der Waals surface area contributed by atoms with E-state index in [0.29, 0.717) is 20.9 Å². The molecule has 1 rings (SSSR count). The molecule has 0 amide bonds. The van der Waals surface area contributed by atoms with Crippen molar-refractivity contribution in [3.05, 3.63) is 27.7 Å². The molecule has 6 heteroatoms. The summed E-state index contributed by atoms with van der Waals surface area (Å²) in [5.74, 6) is 0. The van der Waals surface area contributed by atoms with Crippen molar-refractivity contribution in [2.45, 2.75) is 6.92 Å². The van der Waals surface area contributed by atoms with E-state index in [1.165, 1.54) is 11.8 Å². The number of thioether (sulfide) groups is 1. The lowest BCUT2D eigenvalue weighted by molar-refractivity contribution is 1.28. The Kier molecular flexibility index (Phi) is 4.94. The van der Waals surface area contributed by atoms with E-state index in [9.17, 15) is 0 Å². The fourth-order valence-corrected chi connectivity index (χ4v) is 1.77. The molecule has 0 spiro atoms. The van der Waals surface area contributed by atoms with Crippen LogP contribution in [0, 0.1) is 18.4 Å². The van der Waals surface area contributed by atoms with Crippen LogP contribution in [0.3, 0.4) is 0 Å². The Morgan fingerprint density at radius 2 is 2.12 bits per heavy atom. The summed E-state index contributed by atoms with van der Waals surface area (Å²) in [4.78, 5) is 4.22. The molecule has 3 nitrogen and oxygen atoms in total. The first-order chi connectivity index (χ1) is 7.58. The Hall–Kier alpha value is -0.890. The van der Waals surface area contributed by atoms with Gasteiger partial charge in [-0.25, -0.2) is 4.99 Å². The second-order valence-corrected chi connectivity index (χ2v) is 4.52. The second-order valence-electron chi connectivity index (χ2n) is 2.91. The monoisotopic (exact) mass is 273 g/mol. The third kappa shape index (κ3) is 3.31. The number of benzene rings is 1. The molecule has 0 saturated carbocycles. The van der Waals surface area contributed by atoms with Gasteiger partial charge in [0, 0.05) is 5.02 Å². The van der Waals surface area contributed by atoms with Gasteiger partial charge in [0.15, 0.2) is 11.4 Å². The van der Waals surface area contributed by atoms with E-state index in [-0.39, 0.29) is 0 Å². The van der Waals surface area contributed by atoms with E-state index < -0.39 is 0 Å². The van der Waals surface area contributed by atoms with Crippen LogP contribution >= 0.6 is 35.0 Å². The molecule has 0 saturated heterocycles. The van der Waals surface area contributed by atoms with Gasteiger partial charge in [-0.05, 0) is 30.9 Å². The predicted molar refractivity (Wildman–Crippen MR) is 70.6 cm³/mol. The minimum atomic E-state index is 0.460. The number of hydrogen-bond donors (Lipinski definition) is 1. The third-order valence-electron chi connectivity index (χ3n) is 1.81. The highest BCUT2D eigenvalue weighted by Crippen LogP contribution is 2.31. The van der Waals surface area contributed by atoms with Crippen LogP contribution in [0.1, 0.15) is 5.56 Å². The van der Waals surface area contributed by atoms with Gasteiger partial charge in [0.1, 0.15) is 0 Å². The molecule has 0 aliphatic heterocycles. The van der Waals surface area contributed by atoms with Gasteiger partial charge in [0.25, 0.3) is 0 Å². The Bertz CT molecular complexity index is 466. The van der Waals surface area contributed by atoms with Crippen molar-refractivity contribution in [3.63, 3.8) is 0 Å². The maximum atomic E-state index is 8.50. The average molecular weight is 274 g/mol. The molecule has 0 heterocycles. The summed E-state index contributed by atoms with van der Waals surface area (Å²) in [6, 6.07) is 3.42. The van der Waals surface area contributed by atoms with E-state index >= 15 is 0 Å². The van der Waals surface area contributed by atoms with Crippen LogP contribution < -0.4 is 5.32 Å². The third-order valence-corrected chi connectivity index (χ3v) is 3.10. The van der Waals surface area contributed by atoms with E-state index in [1.54, 1.807) is 12.1 Å². The number of nitrogens with one attached hydrogen (secondary N) is 1. The van der Waals surface area contributed by atoms with Crippen LogP contribution in [0.15, 0.2) is 17.1 Å². The highest BCUT2D eigenvalue weighted by molar-refractivity contribution is 8.13. The molecule has 0 bridgehead atoms. The fourth-order valence-electron chi connectivity index (χ4n) is 1.01. The smallest absolute Gasteiger partial charge is 0.183 e. The predicted octanol–water partition coefficient (Wildman–Crippen LogP) is 3.72. The van der Waals surface area contributed by atoms with Gasteiger partial charge in [-0.3, -0.25) is 5.32 Å². The lowest BCUT2D eigenvalue weighted by atomic mass is 10.2. The zero-order chi connectivity index (χ0) is 12.1. The first-order valence-electron chi connectivity index (χ1n) is 4.32. The number of nitriles is 1. The van der Waals surface area contributed by atoms with Crippen molar-refractivity contribution in [2.75, 3.05) is 6.26 Å². The van der Waals surface area contributed by atoms with Gasteiger partial charge >= 0.3 is 0 Å². The standard InChI is InChI=1S/C10H9Cl2N3S/c1-6-3-9(8(12)4-7(6)11)15-10(16-2)14-5-13/h3-4H,1-2H3,(H,14,15). The number of aryl methyl sites for hydroxylation is 1. The number of aliphatic imine (C=N–C) groups is 1. The van der Waals surface area contributed by atoms with Gasteiger partial charge in [0.05, 0.1) is 10.7 Å². The summed E-state index contributed by atoms with van der Waals surface area (Å²) in [7, 11) is 0. The molecule has 0 aromatic heterocycles. The summed E-state index contributed by atoms with van der Waals surface area (Å²) >= 11 is 13.2. The van der Waals surface area contributed by atoms with E-state index in [1.807, 2.05) is 19.4 Å². The zero-order valence-corrected chi connectivity index (χ0v) is 11.0. The van der Waals surface area contributed by atoms with Crippen molar-refractivity contribution in [3.8, 4) is 6.19 Å². The fraction of sp³-hybridized carbons (Fsp3) is 0.200. The largest absolute Gasteiger partial charge is 0.271 e. The number of amidine groups is 1. The van der Waals surface area contributed by atoms with E-state index in [2.05, 4.69) is 10.3 Å². The highest BCUT2D eigenvalue weighted by Gasteiger charge is 2.05. The minimum Gasteiger partial charge on any atom is -0.271 e. The lowest BCUT2D eigenvalue weighted by Crippen LogP contribution is -2.12. The summed E-state index contributed by atoms with van der Waals surface area (Å²) in [6.45, 7) is 1.87. The van der Waals surface area contributed by atoms with Crippen molar-refractivity contribution >= 4 is 45.8 Å². The second kappa shape index (κ2) is 6.00. The maximum Gasteiger partial charge on any atom is 0.183 e. The molecule has 0 aliphatic carbocycles. The quantitative estimate of drug-likeness (QED) is 0.367. The summed E-state index contributed by atoms with van der Waals surface area (Å²) in [5, 5.41) is 12.5. The Balaban J connectivity index is 3.14. The van der Waals surface area contributed by atoms with Crippen LogP contribution in [0.25, 0.3) is 0 Å². The van der Waals surface area contributed by atoms with Crippen LogP contribution in [-0.4, -0.2) is 11.4 Å². The van der Waals surface area contributed by atoms with Gasteiger partial charge in [-0.2, -0.15) is 5.26 Å².